The average molecular weight is 499 g/mol. The van der Waals surface area contributed by atoms with Gasteiger partial charge in [0.1, 0.15) is 5.82 Å². The van der Waals surface area contributed by atoms with Gasteiger partial charge in [-0.3, -0.25) is 9.59 Å². The van der Waals surface area contributed by atoms with E-state index in [1.165, 1.54) is 12.1 Å². The van der Waals surface area contributed by atoms with E-state index in [2.05, 4.69) is 10.1 Å². The van der Waals surface area contributed by atoms with Crippen LogP contribution in [0.3, 0.4) is 0 Å². The third kappa shape index (κ3) is 4.05. The number of aromatic nitrogens is 2. The maximum atomic E-state index is 13.6. The second-order valence-corrected chi connectivity index (χ2v) is 9.82. The summed E-state index contributed by atoms with van der Waals surface area (Å²) in [6, 6.07) is 9.47. The molecule has 0 aliphatic carbocycles. The minimum atomic E-state index is -0.498. The van der Waals surface area contributed by atoms with Crippen LogP contribution in [0.15, 0.2) is 40.9 Å². The van der Waals surface area contributed by atoms with Gasteiger partial charge in [-0.25, -0.2) is 9.37 Å². The predicted octanol–water partition coefficient (Wildman–Crippen LogP) is 4.96. The Hall–Kier alpha value is -3.30. The largest absolute Gasteiger partial charge is 0.335 e. The fraction of sp³-hybridized carbons (Fsp3) is 0.250. The van der Waals surface area contributed by atoms with Gasteiger partial charge in [0, 0.05) is 31.1 Å². The number of rotatable bonds is 3. The summed E-state index contributed by atoms with van der Waals surface area (Å²) in [6.07, 6.45) is 0. The molecule has 1 fully saturated rings. The highest BCUT2D eigenvalue weighted by Gasteiger charge is 2.29. The van der Waals surface area contributed by atoms with Crippen LogP contribution in [0.1, 0.15) is 31.3 Å². The van der Waals surface area contributed by atoms with Crippen LogP contribution in [0.25, 0.3) is 21.7 Å². The Morgan fingerprint density at radius 2 is 1.68 bits per heavy atom. The number of thiophene rings is 1. The minimum absolute atomic E-state index is 0.0713. The molecular formula is C24H20ClFN4O3S. The van der Waals surface area contributed by atoms with Gasteiger partial charge in [-0.1, -0.05) is 16.8 Å². The number of nitrogens with zero attached hydrogens (tertiary/aromatic N) is 4. The fourth-order valence-corrected chi connectivity index (χ4v) is 5.15. The second-order valence-electron chi connectivity index (χ2n) is 8.12. The summed E-state index contributed by atoms with van der Waals surface area (Å²) in [5, 5.41) is 4.68. The SMILES string of the molecule is Cc1ccc(-c2cc(C(=O)N3CCN(C(=O)c4ccc(F)cc4Cl)CC3)c3c(C)noc3n2)s1. The lowest BCUT2D eigenvalue weighted by Crippen LogP contribution is -2.50. The zero-order chi connectivity index (χ0) is 24.0. The zero-order valence-corrected chi connectivity index (χ0v) is 20.0. The number of carbonyl (C=O) groups is 2. The first-order valence-electron chi connectivity index (χ1n) is 10.7. The topological polar surface area (TPSA) is 79.5 Å². The van der Waals surface area contributed by atoms with Gasteiger partial charge in [0.05, 0.1) is 37.8 Å². The number of hydrogen-bond donors (Lipinski definition) is 0. The highest BCUT2D eigenvalue weighted by Crippen LogP contribution is 2.32. The van der Waals surface area contributed by atoms with Crippen LogP contribution in [0, 0.1) is 19.7 Å². The van der Waals surface area contributed by atoms with Crippen molar-refractivity contribution in [2.24, 2.45) is 0 Å². The number of piperazine rings is 1. The molecule has 0 N–H and O–H groups in total. The third-order valence-corrected chi connectivity index (χ3v) is 7.19. The molecule has 1 saturated heterocycles. The lowest BCUT2D eigenvalue weighted by Gasteiger charge is -2.35. The maximum Gasteiger partial charge on any atom is 0.259 e. The lowest BCUT2D eigenvalue weighted by molar-refractivity contribution is 0.0536. The van der Waals surface area contributed by atoms with E-state index < -0.39 is 5.82 Å². The van der Waals surface area contributed by atoms with E-state index >= 15 is 0 Å². The molecule has 3 aromatic heterocycles. The maximum absolute atomic E-state index is 13.6. The van der Waals surface area contributed by atoms with Crippen LogP contribution >= 0.6 is 22.9 Å². The van der Waals surface area contributed by atoms with Crippen molar-refractivity contribution in [3.05, 3.63) is 68.9 Å². The minimum Gasteiger partial charge on any atom is -0.335 e. The van der Waals surface area contributed by atoms with Crippen LogP contribution in [0.5, 0.6) is 0 Å². The van der Waals surface area contributed by atoms with Gasteiger partial charge in [-0.05, 0) is 50.2 Å². The molecule has 0 atom stereocenters. The number of aryl methyl sites for hydroxylation is 2. The highest BCUT2D eigenvalue weighted by atomic mass is 35.5. The Bertz CT molecular complexity index is 1430. The number of fused-ring (bicyclic) bond motifs is 1. The van der Waals surface area contributed by atoms with Crippen molar-refractivity contribution in [2.45, 2.75) is 13.8 Å². The van der Waals surface area contributed by atoms with Crippen molar-refractivity contribution in [1.29, 1.82) is 0 Å². The Morgan fingerprint density at radius 3 is 2.29 bits per heavy atom. The smallest absolute Gasteiger partial charge is 0.259 e. The van der Waals surface area contributed by atoms with Crippen LogP contribution < -0.4 is 0 Å². The molecule has 0 spiro atoms. The normalized spacial score (nSPS) is 14.1. The number of hydrogen-bond acceptors (Lipinski definition) is 6. The van der Waals surface area contributed by atoms with Gasteiger partial charge < -0.3 is 14.3 Å². The lowest BCUT2D eigenvalue weighted by atomic mass is 10.1. The van der Waals surface area contributed by atoms with E-state index in [9.17, 15) is 14.0 Å². The summed E-state index contributed by atoms with van der Waals surface area (Å²) in [6.45, 7) is 5.17. The van der Waals surface area contributed by atoms with E-state index in [1.807, 2.05) is 19.1 Å². The molecule has 1 aliphatic rings. The van der Waals surface area contributed by atoms with Crippen LogP contribution in [-0.4, -0.2) is 57.9 Å². The summed E-state index contributed by atoms with van der Waals surface area (Å²) in [4.78, 5) is 36.4. The van der Waals surface area contributed by atoms with E-state index in [0.29, 0.717) is 54.2 Å². The Balaban J connectivity index is 1.39. The summed E-state index contributed by atoms with van der Waals surface area (Å²) in [7, 11) is 0. The van der Waals surface area contributed by atoms with Crippen LogP contribution in [0.4, 0.5) is 4.39 Å². The van der Waals surface area contributed by atoms with E-state index in [0.717, 1.165) is 15.8 Å². The highest BCUT2D eigenvalue weighted by molar-refractivity contribution is 7.15. The van der Waals surface area contributed by atoms with Gasteiger partial charge in [0.15, 0.2) is 0 Å². The van der Waals surface area contributed by atoms with Gasteiger partial charge in [-0.15, -0.1) is 11.3 Å². The van der Waals surface area contributed by atoms with Crippen molar-refractivity contribution in [1.82, 2.24) is 19.9 Å². The van der Waals surface area contributed by atoms with Gasteiger partial charge in [0.25, 0.3) is 17.5 Å². The molecule has 2 amide bonds. The number of carbonyl (C=O) groups excluding carboxylic acids is 2. The first-order chi connectivity index (χ1) is 16.3. The number of benzene rings is 1. The molecule has 1 aromatic carbocycles. The molecule has 1 aliphatic heterocycles. The number of amides is 2. The molecule has 0 radical (unpaired) electrons. The third-order valence-electron chi connectivity index (χ3n) is 5.86. The summed E-state index contributed by atoms with van der Waals surface area (Å²) >= 11 is 7.64. The molecule has 10 heteroatoms. The van der Waals surface area contributed by atoms with Crippen LogP contribution in [0.2, 0.25) is 5.02 Å². The molecular weight excluding hydrogens is 479 g/mol. The molecule has 174 valence electrons. The van der Waals surface area contributed by atoms with Gasteiger partial charge in [-0.2, -0.15) is 0 Å². The van der Waals surface area contributed by atoms with Crippen molar-refractivity contribution >= 4 is 45.9 Å². The van der Waals surface area contributed by atoms with Crippen LogP contribution in [-0.2, 0) is 0 Å². The predicted molar refractivity (Wildman–Crippen MR) is 128 cm³/mol. The molecule has 34 heavy (non-hydrogen) atoms. The van der Waals surface area contributed by atoms with Crippen molar-refractivity contribution in [2.75, 3.05) is 26.2 Å². The average Bonchev–Trinajstić information content (AvgIpc) is 3.43. The van der Waals surface area contributed by atoms with E-state index in [-0.39, 0.29) is 22.4 Å². The molecule has 4 heterocycles. The Morgan fingerprint density at radius 1 is 1.00 bits per heavy atom. The molecule has 0 bridgehead atoms. The molecule has 0 saturated carbocycles. The summed E-state index contributed by atoms with van der Waals surface area (Å²) < 4.78 is 18.7. The van der Waals surface area contributed by atoms with Crippen molar-refractivity contribution in [3.8, 4) is 10.6 Å². The standard InChI is InChI=1S/C24H20ClFN4O3S/c1-13-3-6-20(34-13)19-12-17(21-14(2)28-33-22(21)27-19)24(32)30-9-7-29(8-10-30)23(31)16-5-4-15(26)11-18(16)25/h3-6,11-12H,7-10H2,1-2H3. The zero-order valence-electron chi connectivity index (χ0n) is 18.5. The van der Waals surface area contributed by atoms with Gasteiger partial charge >= 0.3 is 0 Å². The Labute approximate surface area is 203 Å². The quantitative estimate of drug-likeness (QED) is 0.399. The summed E-state index contributed by atoms with van der Waals surface area (Å²) in [5.41, 5.74) is 2.30. The summed E-state index contributed by atoms with van der Waals surface area (Å²) in [5.74, 6) is -0.949. The van der Waals surface area contributed by atoms with Crippen molar-refractivity contribution < 1.29 is 18.5 Å². The second kappa shape index (κ2) is 8.81. The fourth-order valence-electron chi connectivity index (χ4n) is 4.08. The van der Waals surface area contributed by atoms with E-state index in [4.69, 9.17) is 16.1 Å². The first kappa shape index (κ1) is 22.5. The molecule has 4 aromatic rings. The van der Waals surface area contributed by atoms with Crippen molar-refractivity contribution in [3.63, 3.8) is 0 Å². The first-order valence-corrected chi connectivity index (χ1v) is 11.9. The monoisotopic (exact) mass is 498 g/mol. The molecule has 7 nitrogen and oxygen atoms in total. The number of halogens is 2. The van der Waals surface area contributed by atoms with Gasteiger partial charge in [0.2, 0.25) is 0 Å². The number of pyridine rings is 1. The Kier molecular flexibility index (Phi) is 5.83. The molecule has 5 rings (SSSR count). The van der Waals surface area contributed by atoms with E-state index in [1.54, 1.807) is 34.1 Å². The molecule has 0 unspecified atom stereocenters.